The van der Waals surface area contributed by atoms with Crippen molar-refractivity contribution in [3.63, 3.8) is 0 Å². The molecule has 2 heteroatoms. The molecule has 19 heavy (non-hydrogen) atoms. The Kier molecular flexibility index (Phi) is 4.67. The normalized spacial score (nSPS) is 20.3. The second-order valence-electron chi connectivity index (χ2n) is 6.44. The van der Waals surface area contributed by atoms with Gasteiger partial charge in [0.2, 0.25) is 0 Å². The minimum Gasteiger partial charge on any atom is -0.117 e. The van der Waals surface area contributed by atoms with Crippen LogP contribution in [0.2, 0.25) is 0 Å². The molecule has 1 fully saturated rings. The fourth-order valence-electron chi connectivity index (χ4n) is 3.53. The molecule has 1 aliphatic carbocycles. The Morgan fingerprint density at radius 2 is 1.68 bits per heavy atom. The van der Waals surface area contributed by atoms with Gasteiger partial charge in [-0.1, -0.05) is 48.2 Å². The van der Waals surface area contributed by atoms with Crippen molar-refractivity contribution in [3.05, 3.63) is 32.8 Å². The van der Waals surface area contributed by atoms with E-state index in [1.54, 1.807) is 0 Å². The summed E-state index contributed by atoms with van der Waals surface area (Å²) in [4.78, 5) is 0. The van der Waals surface area contributed by atoms with E-state index in [1.807, 2.05) is 0 Å². The second-order valence-corrected chi connectivity index (χ2v) is 7.67. The fourth-order valence-corrected chi connectivity index (χ4v) is 4.41. The molecule has 0 nitrogen and oxygen atoms in total. The van der Waals surface area contributed by atoms with E-state index in [9.17, 15) is 0 Å². The first kappa shape index (κ1) is 15.4. The maximum Gasteiger partial charge on any atom is 0.0644 e. The van der Waals surface area contributed by atoms with Gasteiger partial charge in [0, 0.05) is 4.47 Å². The quantitative estimate of drug-likeness (QED) is 0.529. The molecule has 0 aliphatic heterocycles. The van der Waals surface area contributed by atoms with E-state index in [0.717, 1.165) is 0 Å². The highest BCUT2D eigenvalue weighted by atomic mass is 79.9. The molecular formula is C17H24BrCl. The van der Waals surface area contributed by atoms with Gasteiger partial charge in [0.1, 0.15) is 0 Å². The van der Waals surface area contributed by atoms with Crippen LogP contribution in [0.25, 0.3) is 0 Å². The summed E-state index contributed by atoms with van der Waals surface area (Å²) in [6, 6.07) is 2.26. The van der Waals surface area contributed by atoms with Gasteiger partial charge in [-0.05, 0) is 61.3 Å². The Bertz CT molecular complexity index is 473. The fraction of sp³-hybridized carbons (Fsp3) is 0.647. The van der Waals surface area contributed by atoms with Gasteiger partial charge in [-0.3, -0.25) is 0 Å². The maximum absolute atomic E-state index is 6.94. The van der Waals surface area contributed by atoms with Gasteiger partial charge in [0.05, 0.1) is 5.38 Å². The average Bonchev–Trinajstić information content (AvgIpc) is 2.37. The number of rotatable bonds is 2. The van der Waals surface area contributed by atoms with Crippen LogP contribution >= 0.6 is 27.5 Å². The highest BCUT2D eigenvalue weighted by molar-refractivity contribution is 9.10. The molecule has 0 spiro atoms. The summed E-state index contributed by atoms with van der Waals surface area (Å²) >= 11 is 10.7. The summed E-state index contributed by atoms with van der Waals surface area (Å²) in [7, 11) is 0. The predicted molar refractivity (Wildman–Crippen MR) is 88.1 cm³/mol. The van der Waals surface area contributed by atoms with E-state index < -0.39 is 0 Å². The highest BCUT2D eigenvalue weighted by Gasteiger charge is 2.36. The lowest BCUT2D eigenvalue weighted by Gasteiger charge is -2.39. The summed E-state index contributed by atoms with van der Waals surface area (Å²) in [6.45, 7) is 8.92. The van der Waals surface area contributed by atoms with Gasteiger partial charge in [-0.15, -0.1) is 11.6 Å². The molecule has 0 aromatic heterocycles. The van der Waals surface area contributed by atoms with Crippen LogP contribution in [0.4, 0.5) is 0 Å². The monoisotopic (exact) mass is 342 g/mol. The zero-order valence-corrected chi connectivity index (χ0v) is 14.8. The SMILES string of the molecule is Cc1cc(C)c(C(Cl)C2(C)CCCCC2)c(C)c1Br. The van der Waals surface area contributed by atoms with Crippen molar-refractivity contribution in [3.8, 4) is 0 Å². The van der Waals surface area contributed by atoms with Crippen LogP contribution in [0.3, 0.4) is 0 Å². The van der Waals surface area contributed by atoms with Gasteiger partial charge in [-0.2, -0.15) is 0 Å². The van der Waals surface area contributed by atoms with Gasteiger partial charge in [-0.25, -0.2) is 0 Å². The molecule has 0 heterocycles. The van der Waals surface area contributed by atoms with Crippen LogP contribution in [0.15, 0.2) is 10.5 Å². The van der Waals surface area contributed by atoms with Crippen molar-refractivity contribution in [2.45, 2.75) is 65.2 Å². The van der Waals surface area contributed by atoms with Gasteiger partial charge < -0.3 is 0 Å². The molecule has 0 saturated heterocycles. The number of aryl methyl sites for hydroxylation is 2. The number of alkyl halides is 1. The lowest BCUT2D eigenvalue weighted by Crippen LogP contribution is -2.26. The third kappa shape index (κ3) is 2.88. The van der Waals surface area contributed by atoms with Crippen molar-refractivity contribution in [2.75, 3.05) is 0 Å². The van der Waals surface area contributed by atoms with E-state index in [4.69, 9.17) is 11.6 Å². The summed E-state index contributed by atoms with van der Waals surface area (Å²) in [5.41, 5.74) is 5.57. The van der Waals surface area contributed by atoms with Gasteiger partial charge in [0.25, 0.3) is 0 Å². The summed E-state index contributed by atoms with van der Waals surface area (Å²) in [5.74, 6) is 0. The summed E-state index contributed by atoms with van der Waals surface area (Å²) in [5, 5.41) is 0.129. The average molecular weight is 344 g/mol. The van der Waals surface area contributed by atoms with Crippen molar-refractivity contribution < 1.29 is 0 Å². The van der Waals surface area contributed by atoms with E-state index >= 15 is 0 Å². The molecule has 1 aliphatic rings. The van der Waals surface area contributed by atoms with E-state index in [0.29, 0.717) is 0 Å². The molecule has 0 amide bonds. The Balaban J connectivity index is 2.44. The minimum atomic E-state index is 0.129. The van der Waals surface area contributed by atoms with Gasteiger partial charge in [0.15, 0.2) is 0 Å². The van der Waals surface area contributed by atoms with Crippen molar-refractivity contribution in [2.24, 2.45) is 5.41 Å². The molecule has 1 atom stereocenters. The first-order valence-corrected chi connectivity index (χ1v) is 8.50. The zero-order chi connectivity index (χ0) is 14.2. The Morgan fingerprint density at radius 3 is 2.26 bits per heavy atom. The van der Waals surface area contributed by atoms with E-state index in [1.165, 1.54) is 58.8 Å². The molecule has 1 unspecified atom stereocenters. The van der Waals surface area contributed by atoms with Crippen LogP contribution in [0, 0.1) is 26.2 Å². The summed E-state index contributed by atoms with van der Waals surface area (Å²) < 4.78 is 1.22. The maximum atomic E-state index is 6.94. The lowest BCUT2D eigenvalue weighted by atomic mass is 9.70. The second kappa shape index (κ2) is 5.77. The van der Waals surface area contributed by atoms with Gasteiger partial charge >= 0.3 is 0 Å². The smallest absolute Gasteiger partial charge is 0.0644 e. The van der Waals surface area contributed by atoms with Crippen LogP contribution in [0.5, 0.6) is 0 Å². The first-order chi connectivity index (χ1) is 8.87. The molecule has 106 valence electrons. The van der Waals surface area contributed by atoms with Crippen molar-refractivity contribution >= 4 is 27.5 Å². The van der Waals surface area contributed by atoms with Crippen LogP contribution in [-0.4, -0.2) is 0 Å². The third-order valence-electron chi connectivity index (χ3n) is 4.80. The van der Waals surface area contributed by atoms with Crippen LogP contribution in [0.1, 0.15) is 66.7 Å². The topological polar surface area (TPSA) is 0 Å². The molecule has 2 rings (SSSR count). The van der Waals surface area contributed by atoms with Crippen LogP contribution in [-0.2, 0) is 0 Å². The molecule has 1 aromatic rings. The number of halogens is 2. The molecular weight excluding hydrogens is 320 g/mol. The predicted octanol–water partition coefficient (Wildman–Crippen LogP) is 6.62. The number of hydrogen-bond donors (Lipinski definition) is 0. The van der Waals surface area contributed by atoms with Crippen molar-refractivity contribution in [1.82, 2.24) is 0 Å². The Morgan fingerprint density at radius 1 is 1.11 bits per heavy atom. The lowest BCUT2D eigenvalue weighted by molar-refractivity contribution is 0.206. The van der Waals surface area contributed by atoms with E-state index in [-0.39, 0.29) is 10.8 Å². The standard InChI is InChI=1S/C17H24BrCl/c1-11-10-12(2)15(18)13(3)14(11)16(19)17(4)8-6-5-7-9-17/h10,16H,5-9H2,1-4H3. The van der Waals surface area contributed by atoms with E-state index in [2.05, 4.69) is 49.7 Å². The largest absolute Gasteiger partial charge is 0.117 e. The molecule has 0 N–H and O–H groups in total. The number of hydrogen-bond acceptors (Lipinski definition) is 0. The first-order valence-electron chi connectivity index (χ1n) is 7.27. The third-order valence-corrected chi connectivity index (χ3v) is 6.76. The zero-order valence-electron chi connectivity index (χ0n) is 12.4. The molecule has 0 radical (unpaired) electrons. The number of benzene rings is 1. The molecule has 0 bridgehead atoms. The minimum absolute atomic E-state index is 0.129. The van der Waals surface area contributed by atoms with Crippen molar-refractivity contribution in [1.29, 1.82) is 0 Å². The Hall–Kier alpha value is -0.0100. The Labute approximate surface area is 131 Å². The highest BCUT2D eigenvalue weighted by Crippen LogP contribution is 2.51. The molecule has 1 aromatic carbocycles. The van der Waals surface area contributed by atoms with Crippen LogP contribution < -0.4 is 0 Å². The molecule has 1 saturated carbocycles. The summed E-state index contributed by atoms with van der Waals surface area (Å²) in [6.07, 6.45) is 6.53.